The number of aliphatic hydroxyl groups is 1. The van der Waals surface area contributed by atoms with Crippen molar-refractivity contribution in [3.8, 4) is 16.9 Å². The Morgan fingerprint density at radius 3 is 2.13 bits per heavy atom. The molecule has 10 rings (SSSR count). The number of benzene rings is 4. The summed E-state index contributed by atoms with van der Waals surface area (Å²) in [6, 6.07) is 21.8. The number of aliphatic carboxylic acids is 1. The van der Waals surface area contributed by atoms with Crippen LogP contribution in [0.2, 0.25) is 0 Å². The third kappa shape index (κ3) is 20.2. The maximum absolute atomic E-state index is 14.4. The zero-order valence-corrected chi connectivity index (χ0v) is 63.7. The first kappa shape index (κ1) is 82.3. The quantitative estimate of drug-likeness (QED) is 0.0104. The number of fused-ring (bicyclic) bond motifs is 3. The van der Waals surface area contributed by atoms with E-state index in [1.165, 1.54) is 57.1 Å². The van der Waals surface area contributed by atoms with Crippen LogP contribution in [0, 0.1) is 18.8 Å². The average molecular weight is 1540 g/mol. The lowest BCUT2D eigenvalue weighted by Gasteiger charge is -2.31. The third-order valence-corrected chi connectivity index (χ3v) is 20.9. The number of ketones is 4. The van der Waals surface area contributed by atoms with Gasteiger partial charge in [0.15, 0.2) is 29.4 Å². The van der Waals surface area contributed by atoms with Crippen LogP contribution in [-0.2, 0) is 86.1 Å². The number of amides is 6. The minimum Gasteiger partial charge on any atom is -0.493 e. The molecule has 0 saturated carbocycles. The highest BCUT2D eigenvalue weighted by Crippen LogP contribution is 2.40. The summed E-state index contributed by atoms with van der Waals surface area (Å²) >= 11 is 1.18. The standard InChI is InChI=1S/C81H91N9O20S/c1-46(2)58(39-66(93)61(89-72(96)41-69(111-8)79(89)103)24-22-57(91)11-9-28-107-31-32-108-30-26-73(97)98)75(99)82-49(5)65(92)35-50-13-15-52(16-14-50)45-110-81(106)90-62-40-68(48(4)34-59(62)76(100)88-42-47(3)33-64(88)78(90)102)109-29-10-12-71(95)83-70-44-86(7)74(84-70)67(94)36-51-17-19-53(20-18-51)56-38-63(85(6)43-56)77(101)87-27-25-54-37-55(80(104)105)21-23-60(54)87/h13-21,23,25,27,34,37-38,40,43-44,46,49,58,61,64,69,78,102H,3,9-12,22,24,26,28-33,35-36,39,41-42,45H2,1-2,4-8H3,(H,82,99)(H,83,95)(H,97,98)(H,104,105)/t49-,58-,61-,64-,69?,78-/m0/s1. The van der Waals surface area contributed by atoms with Gasteiger partial charge >= 0.3 is 18.0 Å². The molecular weight excluding hydrogens is 1450 g/mol. The fraction of sp³-hybridized carbons (Fsp3) is 0.407. The molecule has 29 nitrogen and oxygen atoms in total. The summed E-state index contributed by atoms with van der Waals surface area (Å²) in [6.07, 6.45) is 3.88. The summed E-state index contributed by atoms with van der Waals surface area (Å²) in [7, 11) is 3.40. The van der Waals surface area contributed by atoms with Gasteiger partial charge in [-0.3, -0.25) is 62.2 Å². The van der Waals surface area contributed by atoms with Crippen molar-refractivity contribution >= 4 is 111 Å². The first-order valence-corrected chi connectivity index (χ1v) is 37.9. The molecule has 4 aromatic carbocycles. The molecule has 6 heterocycles. The maximum atomic E-state index is 14.4. The lowest BCUT2D eigenvalue weighted by Crippen LogP contribution is -2.50. The number of aromatic carboxylic acids is 1. The van der Waals surface area contributed by atoms with Crippen molar-refractivity contribution in [1.82, 2.24) is 33.8 Å². The number of imidazole rings is 1. The molecule has 3 aliphatic rings. The normalized spacial score (nSPS) is 16.3. The van der Waals surface area contributed by atoms with Crippen LogP contribution >= 0.6 is 11.8 Å². The van der Waals surface area contributed by atoms with E-state index in [2.05, 4.69) is 22.2 Å². The monoisotopic (exact) mass is 1540 g/mol. The smallest absolute Gasteiger partial charge is 0.416 e. The molecule has 0 radical (unpaired) electrons. The van der Waals surface area contributed by atoms with Crippen molar-refractivity contribution in [2.45, 2.75) is 141 Å². The van der Waals surface area contributed by atoms with Gasteiger partial charge in [0, 0.05) is 114 Å². The molecule has 5 N–H and O–H groups in total. The van der Waals surface area contributed by atoms with Gasteiger partial charge in [-0.2, -0.15) is 11.8 Å². The van der Waals surface area contributed by atoms with Crippen molar-refractivity contribution in [3.05, 3.63) is 167 Å². The van der Waals surface area contributed by atoms with Crippen molar-refractivity contribution < 1.29 is 96.6 Å². The van der Waals surface area contributed by atoms with Gasteiger partial charge in [-0.25, -0.2) is 19.5 Å². The molecule has 3 aliphatic heterocycles. The predicted octanol–water partition coefficient (Wildman–Crippen LogP) is 8.89. The number of imide groups is 1. The number of hydrogen-bond acceptors (Lipinski definition) is 20. The first-order chi connectivity index (χ1) is 53.0. The number of carbonyl (C=O) groups excluding carboxylic acids is 11. The third-order valence-electron chi connectivity index (χ3n) is 19.9. The van der Waals surface area contributed by atoms with Gasteiger partial charge in [-0.1, -0.05) is 74.5 Å². The number of likely N-dealkylation sites (tertiary alicyclic amines) is 1. The SMILES string of the molecule is C=C1C[C@H]2[C@H](O)N(C(=O)OCc3ccc(CC(=O)[C@H](C)NC(=O)[C@@H](CC(=O)[C@H](CCC(=O)CCCOCCOCCC(=O)O)N4C(=O)CC(SC)C4=O)C(C)C)cc3)c3cc(OCCCC(=O)Nc4cn(C)c(C(=O)Cc5ccc(-c6cc(C(=O)n7ccc8cc(C(=O)O)ccc87)n(C)c6)cc5)n4)c(C)cc3C(=O)N2C1. The Labute approximate surface area is 644 Å². The van der Waals surface area contributed by atoms with E-state index in [0.29, 0.717) is 50.8 Å². The van der Waals surface area contributed by atoms with E-state index < -0.39 is 94.8 Å². The van der Waals surface area contributed by atoms with Gasteiger partial charge in [-0.05, 0) is 116 Å². The summed E-state index contributed by atoms with van der Waals surface area (Å²) in [5.74, 6) is -7.23. The van der Waals surface area contributed by atoms with Crippen LogP contribution in [-0.4, -0.2) is 196 Å². The highest BCUT2D eigenvalue weighted by molar-refractivity contribution is 8.00. The van der Waals surface area contributed by atoms with E-state index >= 15 is 0 Å². The van der Waals surface area contributed by atoms with Crippen LogP contribution in [0.15, 0.2) is 122 Å². The van der Waals surface area contributed by atoms with Crippen LogP contribution in [0.5, 0.6) is 5.75 Å². The van der Waals surface area contributed by atoms with Gasteiger partial charge in [0.25, 0.3) is 11.8 Å². The summed E-state index contributed by atoms with van der Waals surface area (Å²) in [5.41, 5.74) is 5.75. The van der Waals surface area contributed by atoms with Crippen molar-refractivity contribution in [2.24, 2.45) is 25.9 Å². The van der Waals surface area contributed by atoms with E-state index in [9.17, 15) is 72.5 Å². The van der Waals surface area contributed by atoms with Gasteiger partial charge in [0.05, 0.1) is 78.6 Å². The molecule has 6 atom stereocenters. The predicted molar refractivity (Wildman–Crippen MR) is 408 cm³/mol. The second-order valence-corrected chi connectivity index (χ2v) is 29.4. The number of thioether (sulfide) groups is 1. The molecule has 586 valence electrons. The lowest BCUT2D eigenvalue weighted by atomic mass is 9.86. The fourth-order valence-electron chi connectivity index (χ4n) is 13.7. The van der Waals surface area contributed by atoms with Gasteiger partial charge in [-0.15, -0.1) is 0 Å². The molecule has 0 bridgehead atoms. The minimum absolute atomic E-state index is 0.00364. The molecule has 3 aromatic heterocycles. The molecular formula is C81H91N9O20S. The molecule has 6 amide bonds. The number of carboxylic acids is 2. The molecule has 0 aliphatic carbocycles. The van der Waals surface area contributed by atoms with Crippen LogP contribution in [0.3, 0.4) is 0 Å². The lowest BCUT2D eigenvalue weighted by molar-refractivity contribution is -0.147. The summed E-state index contributed by atoms with van der Waals surface area (Å²) in [4.78, 5) is 181. The highest BCUT2D eigenvalue weighted by atomic mass is 32.2. The molecule has 0 spiro atoms. The second-order valence-electron chi connectivity index (χ2n) is 28.4. The van der Waals surface area contributed by atoms with Crippen LogP contribution < -0.4 is 20.3 Å². The summed E-state index contributed by atoms with van der Waals surface area (Å²) in [5, 5.41) is 35.6. The minimum atomic E-state index is -1.58. The number of aliphatic hydroxyl groups excluding tert-OH is 1. The van der Waals surface area contributed by atoms with Crippen molar-refractivity contribution in [1.29, 1.82) is 0 Å². The van der Waals surface area contributed by atoms with Crippen molar-refractivity contribution in [2.75, 3.05) is 56.1 Å². The van der Waals surface area contributed by atoms with E-state index in [-0.39, 0.29) is 174 Å². The zero-order chi connectivity index (χ0) is 80.1. The van der Waals surface area contributed by atoms with Gasteiger partial charge in [0.2, 0.25) is 29.4 Å². The number of ether oxygens (including phenoxy) is 4. The van der Waals surface area contributed by atoms with E-state index in [1.807, 2.05) is 30.5 Å². The molecule has 111 heavy (non-hydrogen) atoms. The summed E-state index contributed by atoms with van der Waals surface area (Å²) in [6.45, 7) is 11.3. The number of hydrogen-bond donors (Lipinski definition) is 5. The Morgan fingerprint density at radius 1 is 0.739 bits per heavy atom. The molecule has 2 saturated heterocycles. The fourth-order valence-corrected chi connectivity index (χ4v) is 14.4. The second kappa shape index (κ2) is 37.0. The zero-order valence-electron chi connectivity index (χ0n) is 62.9. The topological polar surface area (TPSA) is 381 Å². The number of anilines is 2. The van der Waals surface area contributed by atoms with Gasteiger partial charge < -0.3 is 58.9 Å². The highest BCUT2D eigenvalue weighted by Gasteiger charge is 2.48. The number of carbonyl (C=O) groups is 13. The number of rotatable bonds is 38. The Balaban J connectivity index is 0.695. The number of aryl methyl sites for hydroxylation is 3. The number of nitrogens with one attached hydrogen (secondary N) is 2. The Morgan fingerprint density at radius 2 is 1.43 bits per heavy atom. The maximum Gasteiger partial charge on any atom is 0.416 e. The van der Waals surface area contributed by atoms with E-state index in [1.54, 1.807) is 100 Å². The van der Waals surface area contributed by atoms with Gasteiger partial charge in [0.1, 0.15) is 23.8 Å². The molecule has 30 heteroatoms. The molecule has 2 fully saturated rings. The number of nitrogens with zero attached hydrogens (tertiary/aromatic N) is 7. The number of aromatic nitrogens is 4. The molecule has 7 aromatic rings. The van der Waals surface area contributed by atoms with E-state index in [4.69, 9.17) is 24.1 Å². The Kier molecular flexibility index (Phi) is 27.4. The van der Waals surface area contributed by atoms with Crippen molar-refractivity contribution in [3.63, 3.8) is 0 Å². The first-order valence-electron chi connectivity index (χ1n) is 36.6. The van der Waals surface area contributed by atoms with E-state index in [0.717, 1.165) is 20.9 Å². The number of carboxylic acid groups (broad SMARTS) is 2. The summed E-state index contributed by atoms with van der Waals surface area (Å²) < 4.78 is 27.4. The van der Waals surface area contributed by atoms with Crippen LogP contribution in [0.4, 0.5) is 16.3 Å². The molecule has 1 unspecified atom stereocenters. The van der Waals surface area contributed by atoms with Crippen LogP contribution in [0.25, 0.3) is 22.0 Å². The Bertz CT molecular complexity index is 4750. The van der Waals surface area contributed by atoms with Crippen LogP contribution in [0.1, 0.15) is 149 Å². The average Bonchev–Trinajstić information content (AvgIpc) is 1.61. The largest absolute Gasteiger partial charge is 0.493 e. The number of Topliss-reactive ketones (excluding diaryl/α,β-unsaturated/α-hetero) is 4. The Hall–Kier alpha value is -11.2.